The summed E-state index contributed by atoms with van der Waals surface area (Å²) in [5.74, 6) is -0.0932. The lowest BCUT2D eigenvalue weighted by Gasteiger charge is -2.35. The van der Waals surface area contributed by atoms with Gasteiger partial charge in [-0.05, 0) is 49.8 Å². The van der Waals surface area contributed by atoms with E-state index in [9.17, 15) is 9.59 Å². The molecule has 1 aromatic carbocycles. The van der Waals surface area contributed by atoms with E-state index < -0.39 is 0 Å². The predicted molar refractivity (Wildman–Crippen MR) is 108 cm³/mol. The van der Waals surface area contributed by atoms with Gasteiger partial charge >= 0.3 is 0 Å². The topological polar surface area (TPSA) is 55.2 Å². The molecule has 1 atom stereocenters. The van der Waals surface area contributed by atoms with Gasteiger partial charge in [-0.1, -0.05) is 25.1 Å². The molecule has 0 saturated carbocycles. The highest BCUT2D eigenvalue weighted by Crippen LogP contribution is 2.36. The molecule has 0 radical (unpaired) electrons. The lowest BCUT2D eigenvalue weighted by molar-refractivity contribution is 0.0650. The minimum atomic E-state index is -0.150. The molecule has 0 aliphatic carbocycles. The van der Waals surface area contributed by atoms with Crippen molar-refractivity contribution in [2.45, 2.75) is 45.7 Å². The van der Waals surface area contributed by atoms with Gasteiger partial charge in [-0.25, -0.2) is 4.68 Å². The summed E-state index contributed by atoms with van der Waals surface area (Å²) >= 11 is 1.77. The first-order chi connectivity index (χ1) is 13.0. The fourth-order valence-electron chi connectivity index (χ4n) is 3.93. The summed E-state index contributed by atoms with van der Waals surface area (Å²) in [6.45, 7) is 6.61. The zero-order valence-electron chi connectivity index (χ0n) is 15.8. The molecule has 1 amide bonds. The van der Waals surface area contributed by atoms with Crippen LogP contribution in [0.5, 0.6) is 0 Å². The zero-order valence-corrected chi connectivity index (χ0v) is 16.6. The van der Waals surface area contributed by atoms with Crippen LogP contribution < -0.4 is 5.56 Å². The summed E-state index contributed by atoms with van der Waals surface area (Å²) in [6, 6.07) is 9.37. The molecule has 140 valence electrons. The van der Waals surface area contributed by atoms with Gasteiger partial charge in [0.2, 0.25) is 0 Å². The molecule has 3 aromatic rings. The summed E-state index contributed by atoms with van der Waals surface area (Å²) in [4.78, 5) is 29.6. The van der Waals surface area contributed by atoms with Crippen molar-refractivity contribution in [3.8, 4) is 0 Å². The van der Waals surface area contributed by atoms with E-state index in [1.54, 1.807) is 17.4 Å². The predicted octanol–water partition coefficient (Wildman–Crippen LogP) is 4.19. The van der Waals surface area contributed by atoms with Crippen molar-refractivity contribution in [3.05, 3.63) is 62.2 Å². The molecule has 27 heavy (non-hydrogen) atoms. The third kappa shape index (κ3) is 2.88. The third-order valence-corrected chi connectivity index (χ3v) is 6.26. The number of amides is 1. The van der Waals surface area contributed by atoms with Crippen molar-refractivity contribution < 1.29 is 4.79 Å². The molecule has 1 aliphatic heterocycles. The quantitative estimate of drug-likeness (QED) is 0.684. The zero-order chi connectivity index (χ0) is 19.1. The van der Waals surface area contributed by atoms with Gasteiger partial charge in [-0.2, -0.15) is 5.10 Å². The van der Waals surface area contributed by atoms with Gasteiger partial charge in [-0.3, -0.25) is 9.59 Å². The molecule has 1 unspecified atom stereocenters. The van der Waals surface area contributed by atoms with E-state index in [0.717, 1.165) is 12.8 Å². The van der Waals surface area contributed by atoms with E-state index in [1.807, 2.05) is 36.9 Å². The Hall–Kier alpha value is -2.47. The number of benzene rings is 1. The van der Waals surface area contributed by atoms with Crippen molar-refractivity contribution >= 4 is 28.0 Å². The van der Waals surface area contributed by atoms with Crippen LogP contribution in [0.4, 0.5) is 0 Å². The van der Waals surface area contributed by atoms with Crippen molar-refractivity contribution in [3.63, 3.8) is 0 Å². The van der Waals surface area contributed by atoms with Gasteiger partial charge in [0.25, 0.3) is 11.5 Å². The van der Waals surface area contributed by atoms with Crippen LogP contribution >= 0.6 is 11.3 Å². The lowest BCUT2D eigenvalue weighted by Crippen LogP contribution is -2.41. The average molecular weight is 382 g/mol. The monoisotopic (exact) mass is 381 g/mol. The Labute approximate surface area is 162 Å². The second-order valence-electron chi connectivity index (χ2n) is 7.21. The van der Waals surface area contributed by atoms with E-state index in [0.29, 0.717) is 23.0 Å². The van der Waals surface area contributed by atoms with Crippen molar-refractivity contribution in [2.75, 3.05) is 6.54 Å². The number of carbonyl (C=O) groups excluding carboxylic acids is 1. The fraction of sp³-hybridized carbons (Fsp3) is 0.381. The first kappa shape index (κ1) is 17.9. The van der Waals surface area contributed by atoms with Crippen LogP contribution in [0.3, 0.4) is 0 Å². The molecule has 0 spiro atoms. The van der Waals surface area contributed by atoms with Gasteiger partial charge in [-0.15, -0.1) is 11.3 Å². The molecule has 0 saturated heterocycles. The van der Waals surface area contributed by atoms with Crippen molar-refractivity contribution in [2.24, 2.45) is 0 Å². The van der Waals surface area contributed by atoms with Crippen molar-refractivity contribution in [1.82, 2.24) is 14.7 Å². The molecule has 2 aromatic heterocycles. The van der Waals surface area contributed by atoms with Crippen LogP contribution in [-0.2, 0) is 6.42 Å². The third-order valence-electron chi connectivity index (χ3n) is 5.26. The Morgan fingerprint density at radius 2 is 2.00 bits per heavy atom. The minimum Gasteiger partial charge on any atom is -0.330 e. The smallest absolute Gasteiger partial charge is 0.275 e. The Bertz CT molecular complexity index is 1070. The van der Waals surface area contributed by atoms with Gasteiger partial charge in [0.05, 0.1) is 17.5 Å². The molecule has 4 rings (SSSR count). The van der Waals surface area contributed by atoms with Gasteiger partial charge in [0.1, 0.15) is 0 Å². The number of aromatic nitrogens is 2. The number of thiophene rings is 1. The summed E-state index contributed by atoms with van der Waals surface area (Å²) in [7, 11) is 0. The van der Waals surface area contributed by atoms with E-state index in [1.165, 1.54) is 15.1 Å². The molecule has 6 heteroatoms. The van der Waals surface area contributed by atoms with Gasteiger partial charge < -0.3 is 4.90 Å². The number of nitrogens with zero attached hydrogens (tertiary/aromatic N) is 3. The highest BCUT2D eigenvalue weighted by molar-refractivity contribution is 7.10. The van der Waals surface area contributed by atoms with Gasteiger partial charge in [0.15, 0.2) is 5.69 Å². The van der Waals surface area contributed by atoms with Crippen LogP contribution in [0.1, 0.15) is 60.2 Å². The van der Waals surface area contributed by atoms with Crippen LogP contribution in [-0.4, -0.2) is 27.1 Å². The highest BCUT2D eigenvalue weighted by atomic mass is 32.1. The molecule has 0 N–H and O–H groups in total. The Kier molecular flexibility index (Phi) is 4.60. The maximum Gasteiger partial charge on any atom is 0.275 e. The molecule has 0 fully saturated rings. The second kappa shape index (κ2) is 6.93. The largest absolute Gasteiger partial charge is 0.330 e. The maximum atomic E-state index is 13.6. The number of fused-ring (bicyclic) bond motifs is 2. The van der Waals surface area contributed by atoms with E-state index >= 15 is 0 Å². The Morgan fingerprint density at radius 1 is 1.26 bits per heavy atom. The Morgan fingerprint density at radius 3 is 2.70 bits per heavy atom. The molecule has 1 aliphatic rings. The molecular formula is C21H23N3O2S. The number of hydrogen-bond donors (Lipinski definition) is 0. The number of carbonyl (C=O) groups is 1. The van der Waals surface area contributed by atoms with Crippen molar-refractivity contribution in [1.29, 1.82) is 0 Å². The minimum absolute atomic E-state index is 0.0625. The van der Waals surface area contributed by atoms with Crippen LogP contribution in [0.15, 0.2) is 40.5 Å². The molecule has 3 heterocycles. The summed E-state index contributed by atoms with van der Waals surface area (Å²) < 4.78 is 1.43. The van der Waals surface area contributed by atoms with E-state index in [-0.39, 0.29) is 23.6 Å². The molecule has 0 bridgehead atoms. The number of rotatable bonds is 3. The van der Waals surface area contributed by atoms with E-state index in [2.05, 4.69) is 23.5 Å². The van der Waals surface area contributed by atoms with Crippen LogP contribution in [0.25, 0.3) is 10.8 Å². The van der Waals surface area contributed by atoms with E-state index in [4.69, 9.17) is 0 Å². The average Bonchev–Trinajstić information content (AvgIpc) is 3.15. The SMILES string of the molecule is CCC1c2ccsc2CCN1C(=O)c1nn(C(C)C)c(=O)c2ccccc12. The molecule has 5 nitrogen and oxygen atoms in total. The summed E-state index contributed by atoms with van der Waals surface area (Å²) in [5.41, 5.74) is 1.47. The normalized spacial score (nSPS) is 16.7. The summed E-state index contributed by atoms with van der Waals surface area (Å²) in [5, 5.41) is 7.79. The fourth-order valence-corrected chi connectivity index (χ4v) is 4.86. The highest BCUT2D eigenvalue weighted by Gasteiger charge is 2.32. The molecular weight excluding hydrogens is 358 g/mol. The Balaban J connectivity index is 1.86. The van der Waals surface area contributed by atoms with Gasteiger partial charge in [0, 0.05) is 16.8 Å². The van der Waals surface area contributed by atoms with Crippen LogP contribution in [0.2, 0.25) is 0 Å². The number of hydrogen-bond acceptors (Lipinski definition) is 4. The second-order valence-corrected chi connectivity index (χ2v) is 8.21. The van der Waals surface area contributed by atoms with Crippen LogP contribution in [0, 0.1) is 0 Å². The maximum absolute atomic E-state index is 13.6. The first-order valence-electron chi connectivity index (χ1n) is 9.41. The first-order valence-corrected chi connectivity index (χ1v) is 10.3. The summed E-state index contributed by atoms with van der Waals surface area (Å²) in [6.07, 6.45) is 1.73. The standard InChI is InChI=1S/C21H23N3O2S/c1-4-17-16-10-12-27-18(16)9-11-23(17)21(26)19-14-7-5-6-8-15(14)20(25)24(22-19)13(2)3/h5-8,10,12-13,17H,4,9,11H2,1-3H3. The lowest BCUT2D eigenvalue weighted by atomic mass is 9.97.